The normalized spacial score (nSPS) is 11.8. The molecule has 0 amide bonds. The van der Waals surface area contributed by atoms with Gasteiger partial charge in [0.1, 0.15) is 11.6 Å². The number of halogens is 3. The first-order valence-electron chi connectivity index (χ1n) is 6.42. The van der Waals surface area contributed by atoms with Gasteiger partial charge in [0.15, 0.2) is 0 Å². The van der Waals surface area contributed by atoms with Crippen molar-refractivity contribution in [2.75, 3.05) is 6.54 Å². The van der Waals surface area contributed by atoms with Crippen molar-refractivity contribution in [3.63, 3.8) is 0 Å². The zero-order valence-electron chi connectivity index (χ0n) is 11.4. The van der Waals surface area contributed by atoms with E-state index in [9.17, 15) is 8.78 Å². The molecule has 0 spiro atoms. The minimum Gasteiger partial charge on any atom is -1.00 e. The molecule has 2 rings (SSSR count). The predicted octanol–water partition coefficient (Wildman–Crippen LogP) is 0.0411. The van der Waals surface area contributed by atoms with Gasteiger partial charge in [0.2, 0.25) is 0 Å². The number of aryl methyl sites for hydroxylation is 1. The third-order valence-electron chi connectivity index (χ3n) is 3.36. The van der Waals surface area contributed by atoms with E-state index >= 15 is 0 Å². The molecule has 108 valence electrons. The summed E-state index contributed by atoms with van der Waals surface area (Å²) >= 11 is 0. The topological polar surface area (TPSA) is 27.6 Å². The third-order valence-corrected chi connectivity index (χ3v) is 3.36. The van der Waals surface area contributed by atoms with Crippen molar-refractivity contribution in [1.29, 1.82) is 0 Å². The second kappa shape index (κ2) is 7.36. The summed E-state index contributed by atoms with van der Waals surface area (Å²) in [5.41, 5.74) is 6.67. The molecular formula is C16H18ClF2N. The van der Waals surface area contributed by atoms with E-state index in [0.717, 1.165) is 29.7 Å². The van der Waals surface area contributed by atoms with Gasteiger partial charge in [-0.25, -0.2) is 8.78 Å². The highest BCUT2D eigenvalue weighted by atomic mass is 35.5. The van der Waals surface area contributed by atoms with E-state index in [1.54, 1.807) is 18.2 Å². The first-order valence-corrected chi connectivity index (χ1v) is 6.42. The Hall–Kier alpha value is -1.45. The molecule has 0 fully saturated rings. The fraction of sp³-hybridized carbons (Fsp3) is 0.250. The van der Waals surface area contributed by atoms with Gasteiger partial charge in [-0.2, -0.15) is 0 Å². The largest absolute Gasteiger partial charge is 1.00 e. The highest BCUT2D eigenvalue weighted by molar-refractivity contribution is 5.37. The van der Waals surface area contributed by atoms with Crippen LogP contribution in [0.3, 0.4) is 0 Å². The fourth-order valence-corrected chi connectivity index (χ4v) is 2.42. The van der Waals surface area contributed by atoms with Crippen LogP contribution in [-0.2, 0) is 0 Å². The molecule has 1 unspecified atom stereocenters. The van der Waals surface area contributed by atoms with Crippen LogP contribution >= 0.6 is 0 Å². The molecule has 2 aromatic rings. The molecule has 0 bridgehead atoms. The SMILES string of the molecule is Cc1ccc(F)cc1C(CC[NH3+])c1cccc(F)c1.[Cl-]. The van der Waals surface area contributed by atoms with Gasteiger partial charge in [-0.1, -0.05) is 18.2 Å². The highest BCUT2D eigenvalue weighted by Crippen LogP contribution is 2.30. The lowest BCUT2D eigenvalue weighted by atomic mass is 9.86. The Morgan fingerprint density at radius 1 is 1.05 bits per heavy atom. The van der Waals surface area contributed by atoms with Crippen LogP contribution in [0.4, 0.5) is 8.78 Å². The Labute approximate surface area is 124 Å². The molecule has 0 aliphatic heterocycles. The molecule has 0 saturated carbocycles. The van der Waals surface area contributed by atoms with Gasteiger partial charge in [-0.15, -0.1) is 0 Å². The van der Waals surface area contributed by atoms with Crippen molar-refractivity contribution in [1.82, 2.24) is 0 Å². The van der Waals surface area contributed by atoms with Crippen molar-refractivity contribution < 1.29 is 26.9 Å². The number of hydrogen-bond acceptors (Lipinski definition) is 0. The summed E-state index contributed by atoms with van der Waals surface area (Å²) in [5, 5.41) is 0. The fourth-order valence-electron chi connectivity index (χ4n) is 2.42. The molecule has 0 aliphatic carbocycles. The van der Waals surface area contributed by atoms with Gasteiger partial charge in [-0.3, -0.25) is 0 Å². The standard InChI is InChI=1S/C16H17F2N.ClH/c1-11-5-6-14(18)10-16(11)15(7-8-19)12-3-2-4-13(17)9-12;/h2-6,9-10,15H,7-8,19H2,1H3;1H. The van der Waals surface area contributed by atoms with E-state index in [0.29, 0.717) is 0 Å². The Kier molecular flexibility index (Phi) is 6.11. The van der Waals surface area contributed by atoms with Crippen LogP contribution in [0, 0.1) is 18.6 Å². The van der Waals surface area contributed by atoms with Gasteiger partial charge < -0.3 is 18.1 Å². The van der Waals surface area contributed by atoms with Gasteiger partial charge >= 0.3 is 0 Å². The van der Waals surface area contributed by atoms with E-state index in [1.165, 1.54) is 18.2 Å². The van der Waals surface area contributed by atoms with Crippen molar-refractivity contribution >= 4 is 0 Å². The van der Waals surface area contributed by atoms with Crippen molar-refractivity contribution in [3.8, 4) is 0 Å². The van der Waals surface area contributed by atoms with Crippen LogP contribution in [0.1, 0.15) is 29.0 Å². The molecule has 0 aliphatic rings. The number of benzene rings is 2. The maximum absolute atomic E-state index is 13.5. The van der Waals surface area contributed by atoms with Gasteiger partial charge in [-0.05, 0) is 47.9 Å². The second-order valence-corrected chi connectivity index (χ2v) is 4.75. The maximum atomic E-state index is 13.5. The van der Waals surface area contributed by atoms with E-state index in [4.69, 9.17) is 0 Å². The minimum atomic E-state index is -0.263. The summed E-state index contributed by atoms with van der Waals surface area (Å²) in [6, 6.07) is 11.3. The molecule has 2 aromatic carbocycles. The first-order chi connectivity index (χ1) is 9.11. The Bertz CT molecular complexity index is 572. The van der Waals surface area contributed by atoms with Crippen LogP contribution in [0.15, 0.2) is 42.5 Å². The van der Waals surface area contributed by atoms with E-state index in [-0.39, 0.29) is 30.0 Å². The zero-order valence-corrected chi connectivity index (χ0v) is 12.1. The molecule has 1 atom stereocenters. The molecule has 0 aromatic heterocycles. The predicted molar refractivity (Wildman–Crippen MR) is 71.8 cm³/mol. The van der Waals surface area contributed by atoms with E-state index in [1.807, 2.05) is 13.0 Å². The van der Waals surface area contributed by atoms with Gasteiger partial charge in [0.25, 0.3) is 0 Å². The lowest BCUT2D eigenvalue weighted by molar-refractivity contribution is -0.368. The summed E-state index contributed by atoms with van der Waals surface area (Å²) in [6.45, 7) is 2.67. The summed E-state index contributed by atoms with van der Waals surface area (Å²) in [4.78, 5) is 0. The van der Waals surface area contributed by atoms with E-state index < -0.39 is 0 Å². The van der Waals surface area contributed by atoms with Gasteiger partial charge in [0.05, 0.1) is 6.54 Å². The first kappa shape index (κ1) is 16.6. The molecule has 3 N–H and O–H groups in total. The Balaban J connectivity index is 0.00000200. The van der Waals surface area contributed by atoms with Crippen LogP contribution in [0.25, 0.3) is 0 Å². The molecule has 1 nitrogen and oxygen atoms in total. The van der Waals surface area contributed by atoms with Crippen LogP contribution < -0.4 is 18.1 Å². The summed E-state index contributed by atoms with van der Waals surface area (Å²) < 4.78 is 26.8. The quantitative estimate of drug-likeness (QED) is 0.825. The van der Waals surface area contributed by atoms with Crippen molar-refractivity contribution in [2.45, 2.75) is 19.3 Å². The molecule has 0 saturated heterocycles. The Morgan fingerprint density at radius 2 is 1.75 bits per heavy atom. The third kappa shape index (κ3) is 3.78. The van der Waals surface area contributed by atoms with Crippen molar-refractivity contribution in [3.05, 3.63) is 70.8 Å². The maximum Gasteiger partial charge on any atom is 0.123 e. The van der Waals surface area contributed by atoms with E-state index in [2.05, 4.69) is 5.73 Å². The number of quaternary nitrogens is 1. The minimum absolute atomic E-state index is 0. The van der Waals surface area contributed by atoms with Gasteiger partial charge in [0, 0.05) is 12.3 Å². The smallest absolute Gasteiger partial charge is 0.123 e. The Morgan fingerprint density at radius 3 is 2.40 bits per heavy atom. The molecule has 0 radical (unpaired) electrons. The molecule has 20 heavy (non-hydrogen) atoms. The molecule has 4 heteroatoms. The number of hydrogen-bond donors (Lipinski definition) is 1. The van der Waals surface area contributed by atoms with Crippen molar-refractivity contribution in [2.24, 2.45) is 0 Å². The van der Waals surface area contributed by atoms with Crippen LogP contribution in [0.5, 0.6) is 0 Å². The summed E-state index contributed by atoms with van der Waals surface area (Å²) in [7, 11) is 0. The molecule has 0 heterocycles. The lowest BCUT2D eigenvalue weighted by Gasteiger charge is -2.19. The zero-order chi connectivity index (χ0) is 13.8. The van der Waals surface area contributed by atoms with Crippen LogP contribution in [0.2, 0.25) is 0 Å². The lowest BCUT2D eigenvalue weighted by Crippen LogP contribution is -3.00. The summed E-state index contributed by atoms with van der Waals surface area (Å²) in [6.07, 6.45) is 0.772. The average molecular weight is 298 g/mol. The number of rotatable bonds is 4. The second-order valence-electron chi connectivity index (χ2n) is 4.75. The monoisotopic (exact) mass is 297 g/mol. The van der Waals surface area contributed by atoms with Crippen LogP contribution in [-0.4, -0.2) is 6.54 Å². The highest BCUT2D eigenvalue weighted by Gasteiger charge is 2.17. The average Bonchev–Trinajstić information content (AvgIpc) is 2.39. The summed E-state index contributed by atoms with van der Waals surface area (Å²) in [5.74, 6) is -0.532. The molecular weight excluding hydrogens is 280 g/mol.